The van der Waals surface area contributed by atoms with E-state index in [4.69, 9.17) is 16.0 Å². The average Bonchev–Trinajstić information content (AvgIpc) is 2.71. The van der Waals surface area contributed by atoms with Crippen LogP contribution in [-0.4, -0.2) is 23.6 Å². The van der Waals surface area contributed by atoms with Gasteiger partial charge in [-0.1, -0.05) is 0 Å². The van der Waals surface area contributed by atoms with Gasteiger partial charge in [0, 0.05) is 17.0 Å². The predicted octanol–water partition coefficient (Wildman–Crippen LogP) is 2.31. The quantitative estimate of drug-likeness (QED) is 0.519. The molecule has 10 heteroatoms. The number of primary amides is 1. The lowest BCUT2D eigenvalue weighted by Gasteiger charge is -2.03. The lowest BCUT2D eigenvalue weighted by molar-refractivity contribution is 0.0997. The number of hydrogen-bond acceptors (Lipinski definition) is 3. The fourth-order valence-corrected chi connectivity index (χ4v) is 1.93. The molecule has 1 heterocycles. The van der Waals surface area contributed by atoms with Crippen LogP contribution in [0.5, 0.6) is 5.75 Å². The van der Waals surface area contributed by atoms with Gasteiger partial charge in [-0.15, -0.1) is 0 Å². The smallest absolute Gasteiger partial charge is 0.325 e. The first-order chi connectivity index (χ1) is 9.92. The SMILES string of the molecule is COc1cc(F)c2c(C(=O)N=[N+]=[N-])c(F)n(C(N)=O)c2c1. The summed E-state index contributed by atoms with van der Waals surface area (Å²) in [6.07, 6.45) is 0. The number of benzene rings is 1. The largest absolute Gasteiger partial charge is 0.497 e. The molecule has 2 amide bonds. The van der Waals surface area contributed by atoms with Gasteiger partial charge in [-0.05, 0) is 10.6 Å². The first-order valence-corrected chi connectivity index (χ1v) is 5.39. The second kappa shape index (κ2) is 5.10. The molecule has 0 spiro atoms. The van der Waals surface area contributed by atoms with Gasteiger partial charge in [0.2, 0.25) is 5.95 Å². The number of methoxy groups -OCH3 is 1. The van der Waals surface area contributed by atoms with Crippen LogP contribution in [0.3, 0.4) is 0 Å². The number of carbonyl (C=O) groups is 2. The highest BCUT2D eigenvalue weighted by Crippen LogP contribution is 2.31. The summed E-state index contributed by atoms with van der Waals surface area (Å²) in [6, 6.07) is 0.740. The molecular weight excluding hydrogens is 288 g/mol. The Labute approximate surface area is 115 Å². The zero-order valence-electron chi connectivity index (χ0n) is 10.5. The van der Waals surface area contributed by atoms with Crippen molar-refractivity contribution in [1.82, 2.24) is 4.57 Å². The van der Waals surface area contributed by atoms with Crippen LogP contribution < -0.4 is 10.5 Å². The molecule has 0 saturated heterocycles. The van der Waals surface area contributed by atoms with Crippen molar-refractivity contribution in [1.29, 1.82) is 0 Å². The second-order valence-electron chi connectivity index (χ2n) is 3.84. The van der Waals surface area contributed by atoms with Gasteiger partial charge in [0.05, 0.1) is 23.6 Å². The van der Waals surface area contributed by atoms with Gasteiger partial charge in [0.1, 0.15) is 11.6 Å². The van der Waals surface area contributed by atoms with Gasteiger partial charge in [-0.25, -0.2) is 13.8 Å². The van der Waals surface area contributed by atoms with Crippen LogP contribution in [0, 0.1) is 11.8 Å². The number of nitrogens with two attached hydrogens (primary N) is 1. The molecular formula is C11H7F2N5O3. The van der Waals surface area contributed by atoms with E-state index in [2.05, 4.69) is 10.0 Å². The number of rotatable bonds is 2. The lowest BCUT2D eigenvalue weighted by atomic mass is 10.1. The zero-order chi connectivity index (χ0) is 15.7. The van der Waals surface area contributed by atoms with E-state index in [0.717, 1.165) is 12.1 Å². The van der Waals surface area contributed by atoms with Gasteiger partial charge in [0.15, 0.2) is 0 Å². The molecule has 0 radical (unpaired) electrons. The third kappa shape index (κ3) is 2.13. The first-order valence-electron chi connectivity index (χ1n) is 5.39. The molecule has 2 N–H and O–H groups in total. The van der Waals surface area contributed by atoms with Crippen molar-refractivity contribution in [3.05, 3.63) is 39.9 Å². The van der Waals surface area contributed by atoms with Gasteiger partial charge in [-0.2, -0.15) is 4.39 Å². The first kappa shape index (κ1) is 14.3. The molecule has 1 aromatic carbocycles. The zero-order valence-corrected chi connectivity index (χ0v) is 10.5. The van der Waals surface area contributed by atoms with Gasteiger partial charge < -0.3 is 10.5 Å². The Morgan fingerprint density at radius 3 is 2.62 bits per heavy atom. The number of fused-ring (bicyclic) bond motifs is 1. The van der Waals surface area contributed by atoms with Crippen molar-refractivity contribution in [2.75, 3.05) is 7.11 Å². The van der Waals surface area contributed by atoms with E-state index in [1.54, 1.807) is 0 Å². The molecule has 0 atom stereocenters. The number of carbonyl (C=O) groups excluding carboxylic acids is 2. The molecule has 8 nitrogen and oxygen atoms in total. The summed E-state index contributed by atoms with van der Waals surface area (Å²) in [5.41, 5.74) is 12.1. The molecule has 108 valence electrons. The van der Waals surface area contributed by atoms with Crippen molar-refractivity contribution in [3.63, 3.8) is 0 Å². The van der Waals surface area contributed by atoms with E-state index in [0.29, 0.717) is 4.57 Å². The summed E-state index contributed by atoms with van der Waals surface area (Å²) in [5.74, 6) is -3.83. The van der Waals surface area contributed by atoms with Crippen LogP contribution in [0.2, 0.25) is 0 Å². The maximum Gasteiger partial charge on any atom is 0.325 e. The molecule has 0 aliphatic rings. The Morgan fingerprint density at radius 2 is 2.10 bits per heavy atom. The van der Waals surface area contributed by atoms with E-state index in [1.165, 1.54) is 7.11 Å². The van der Waals surface area contributed by atoms with Crippen molar-refractivity contribution in [2.45, 2.75) is 0 Å². The van der Waals surface area contributed by atoms with E-state index in [-0.39, 0.29) is 11.3 Å². The monoisotopic (exact) mass is 295 g/mol. The molecule has 0 fully saturated rings. The van der Waals surface area contributed by atoms with Crippen molar-refractivity contribution < 1.29 is 23.1 Å². The molecule has 0 aliphatic heterocycles. The number of aromatic nitrogens is 1. The number of nitrogens with zero attached hydrogens (tertiary/aromatic N) is 4. The number of azide groups is 1. The Morgan fingerprint density at radius 1 is 1.43 bits per heavy atom. The van der Waals surface area contributed by atoms with Crippen LogP contribution in [0.25, 0.3) is 21.3 Å². The second-order valence-corrected chi connectivity index (χ2v) is 3.84. The molecule has 0 bridgehead atoms. The summed E-state index contributed by atoms with van der Waals surface area (Å²) in [6.45, 7) is 0. The van der Waals surface area contributed by atoms with E-state index < -0.39 is 34.7 Å². The van der Waals surface area contributed by atoms with Crippen molar-refractivity contribution >= 4 is 22.8 Å². The minimum Gasteiger partial charge on any atom is -0.497 e. The standard InChI is InChI=1S/C11H7F2N5O3/c1-21-4-2-5(12)7-6(3-4)18(11(14)20)9(13)8(7)10(19)16-17-15/h2-3H,1H3,(H2,14,20). The topological polar surface area (TPSA) is 123 Å². The highest BCUT2D eigenvalue weighted by atomic mass is 19.1. The normalized spacial score (nSPS) is 10.2. The fourth-order valence-electron chi connectivity index (χ4n) is 1.93. The third-order valence-corrected chi connectivity index (χ3v) is 2.74. The van der Waals surface area contributed by atoms with Crippen LogP contribution >= 0.6 is 0 Å². The Balaban J connectivity index is 2.99. The molecule has 1 aromatic heterocycles. The minimum absolute atomic E-state index is 0.0113. The Bertz CT molecular complexity index is 823. The molecule has 2 rings (SSSR count). The molecule has 0 aliphatic carbocycles. The van der Waals surface area contributed by atoms with Crippen LogP contribution in [0.1, 0.15) is 10.4 Å². The molecule has 2 aromatic rings. The maximum atomic E-state index is 14.2. The van der Waals surface area contributed by atoms with Gasteiger partial charge in [-0.3, -0.25) is 4.79 Å². The van der Waals surface area contributed by atoms with Crippen LogP contribution in [0.15, 0.2) is 17.2 Å². The van der Waals surface area contributed by atoms with E-state index in [9.17, 15) is 18.4 Å². The molecule has 0 unspecified atom stereocenters. The maximum absolute atomic E-state index is 14.2. The van der Waals surface area contributed by atoms with Crippen molar-refractivity contribution in [2.24, 2.45) is 10.8 Å². The predicted molar refractivity (Wildman–Crippen MR) is 66.9 cm³/mol. The highest BCUT2D eigenvalue weighted by Gasteiger charge is 2.27. The number of hydrogen-bond donors (Lipinski definition) is 1. The van der Waals surface area contributed by atoms with E-state index in [1.807, 2.05) is 0 Å². The lowest BCUT2D eigenvalue weighted by Crippen LogP contribution is -2.21. The van der Waals surface area contributed by atoms with Crippen LogP contribution in [0.4, 0.5) is 13.6 Å². The van der Waals surface area contributed by atoms with Crippen molar-refractivity contribution in [3.8, 4) is 5.75 Å². The summed E-state index contributed by atoms with van der Waals surface area (Å²) >= 11 is 0. The van der Waals surface area contributed by atoms with Crippen LogP contribution in [-0.2, 0) is 0 Å². The molecule has 0 saturated carbocycles. The number of ether oxygens (including phenoxy) is 1. The highest BCUT2D eigenvalue weighted by molar-refractivity contribution is 6.10. The van der Waals surface area contributed by atoms with E-state index >= 15 is 0 Å². The van der Waals surface area contributed by atoms with Gasteiger partial charge >= 0.3 is 6.03 Å². The Kier molecular flexibility index (Phi) is 3.47. The molecule has 21 heavy (non-hydrogen) atoms. The fraction of sp³-hybridized carbons (Fsp3) is 0.0909. The summed E-state index contributed by atoms with van der Waals surface area (Å²) in [7, 11) is 1.24. The summed E-state index contributed by atoms with van der Waals surface area (Å²) in [4.78, 5) is 25.1. The summed E-state index contributed by atoms with van der Waals surface area (Å²) in [5, 5.41) is 2.18. The number of halogens is 2. The third-order valence-electron chi connectivity index (χ3n) is 2.74. The average molecular weight is 295 g/mol. The number of amides is 2. The van der Waals surface area contributed by atoms with Gasteiger partial charge in [0.25, 0.3) is 5.91 Å². The Hall–Kier alpha value is -3.13. The minimum atomic E-state index is -1.41. The summed E-state index contributed by atoms with van der Waals surface area (Å²) < 4.78 is 33.3.